The Kier molecular flexibility index (Phi) is 4.16. The Morgan fingerprint density at radius 2 is 2.33 bits per heavy atom. The van der Waals surface area contributed by atoms with Crippen molar-refractivity contribution < 1.29 is 9.21 Å². The zero-order valence-corrected chi connectivity index (χ0v) is 9.80. The van der Waals surface area contributed by atoms with Gasteiger partial charge in [-0.25, -0.2) is 10.8 Å². The van der Waals surface area contributed by atoms with Crippen LogP contribution in [0.2, 0.25) is 0 Å². The van der Waals surface area contributed by atoms with Crippen molar-refractivity contribution in [3.63, 3.8) is 0 Å². The molecule has 0 bridgehead atoms. The van der Waals surface area contributed by atoms with Crippen molar-refractivity contribution in [2.75, 3.05) is 0 Å². The number of nitrogens with zero attached hydrogens (tertiary/aromatic N) is 1. The molecule has 1 aromatic heterocycles. The zero-order chi connectivity index (χ0) is 11.4. The molecule has 0 aliphatic carbocycles. The van der Waals surface area contributed by atoms with Gasteiger partial charge in [-0.3, -0.25) is 10.2 Å². The van der Waals surface area contributed by atoms with E-state index >= 15 is 0 Å². The number of rotatable bonds is 4. The van der Waals surface area contributed by atoms with Crippen LogP contribution in [0.15, 0.2) is 15.9 Å². The van der Waals surface area contributed by atoms with Gasteiger partial charge in [0.15, 0.2) is 0 Å². The largest absolute Gasteiger partial charge is 0.440 e. The van der Waals surface area contributed by atoms with Crippen LogP contribution in [0.25, 0.3) is 0 Å². The number of hydrogen-bond donors (Lipinski definition) is 2. The van der Waals surface area contributed by atoms with Crippen molar-refractivity contribution in [2.24, 2.45) is 11.8 Å². The van der Waals surface area contributed by atoms with Crippen molar-refractivity contribution in [1.29, 1.82) is 0 Å². The Morgan fingerprint density at radius 3 is 2.80 bits per heavy atom. The van der Waals surface area contributed by atoms with E-state index in [1.165, 1.54) is 11.8 Å². The van der Waals surface area contributed by atoms with Gasteiger partial charge < -0.3 is 4.42 Å². The van der Waals surface area contributed by atoms with Gasteiger partial charge in [0.25, 0.3) is 5.22 Å². The average Bonchev–Trinajstić information content (AvgIpc) is 2.61. The molecule has 2 atom stereocenters. The molecular weight excluding hydrogens is 214 g/mol. The van der Waals surface area contributed by atoms with Gasteiger partial charge in [0, 0.05) is 11.2 Å². The highest BCUT2D eigenvalue weighted by Gasteiger charge is 2.21. The third-order valence-electron chi connectivity index (χ3n) is 2.14. The number of carbonyl (C=O) groups is 1. The van der Waals surface area contributed by atoms with E-state index in [9.17, 15) is 4.79 Å². The topological polar surface area (TPSA) is 81.2 Å². The van der Waals surface area contributed by atoms with E-state index in [2.05, 4.69) is 10.4 Å². The maximum absolute atomic E-state index is 11.2. The molecule has 0 saturated heterocycles. The summed E-state index contributed by atoms with van der Waals surface area (Å²) in [5.41, 5.74) is 2.97. The fourth-order valence-corrected chi connectivity index (χ4v) is 1.94. The summed E-state index contributed by atoms with van der Waals surface area (Å²) < 4.78 is 5.19. The van der Waals surface area contributed by atoms with Gasteiger partial charge in [0.2, 0.25) is 5.91 Å². The number of hydrogen-bond acceptors (Lipinski definition) is 5. The van der Waals surface area contributed by atoms with Crippen LogP contribution in [0.1, 0.15) is 19.5 Å². The molecule has 1 amide bonds. The zero-order valence-electron chi connectivity index (χ0n) is 8.98. The van der Waals surface area contributed by atoms with Crippen LogP contribution in [-0.2, 0) is 4.79 Å². The molecular formula is C9H15N3O2S. The van der Waals surface area contributed by atoms with E-state index in [0.717, 1.165) is 5.69 Å². The summed E-state index contributed by atoms with van der Waals surface area (Å²) in [6.45, 7) is 5.61. The number of nitrogens with two attached hydrogens (primary N) is 1. The lowest BCUT2D eigenvalue weighted by Gasteiger charge is -2.15. The maximum atomic E-state index is 11.2. The highest BCUT2D eigenvalue weighted by Crippen LogP contribution is 2.27. The molecule has 0 aliphatic rings. The van der Waals surface area contributed by atoms with Gasteiger partial charge in [0.1, 0.15) is 6.26 Å². The Morgan fingerprint density at radius 1 is 1.67 bits per heavy atom. The van der Waals surface area contributed by atoms with Crippen LogP contribution < -0.4 is 11.3 Å². The number of amides is 1. The Balaban J connectivity index is 2.55. The number of nitrogens with one attached hydrogen (secondary N) is 1. The van der Waals surface area contributed by atoms with E-state index in [1.807, 2.05) is 20.8 Å². The second-order valence-electron chi connectivity index (χ2n) is 3.38. The molecule has 6 heteroatoms. The van der Waals surface area contributed by atoms with E-state index in [1.54, 1.807) is 6.26 Å². The van der Waals surface area contributed by atoms with Gasteiger partial charge >= 0.3 is 0 Å². The van der Waals surface area contributed by atoms with Crippen LogP contribution in [0, 0.1) is 12.8 Å². The van der Waals surface area contributed by atoms with Crippen LogP contribution >= 0.6 is 11.8 Å². The molecule has 0 fully saturated rings. The number of hydrazine groups is 1. The number of aryl methyl sites for hydroxylation is 1. The predicted octanol–water partition coefficient (Wildman–Crippen LogP) is 1.09. The molecule has 2 unspecified atom stereocenters. The molecule has 1 heterocycles. The molecule has 3 N–H and O–H groups in total. The number of oxazole rings is 1. The Bertz CT molecular complexity index is 340. The lowest BCUT2D eigenvalue weighted by molar-refractivity contribution is -0.124. The lowest BCUT2D eigenvalue weighted by Crippen LogP contribution is -2.38. The minimum absolute atomic E-state index is 0.0617. The fourth-order valence-electron chi connectivity index (χ4n) is 0.992. The number of thioether (sulfide) groups is 1. The molecule has 15 heavy (non-hydrogen) atoms. The van der Waals surface area contributed by atoms with Crippen molar-refractivity contribution >= 4 is 17.7 Å². The van der Waals surface area contributed by atoms with E-state index in [4.69, 9.17) is 10.3 Å². The van der Waals surface area contributed by atoms with E-state index < -0.39 is 0 Å². The van der Waals surface area contributed by atoms with E-state index in [0.29, 0.717) is 5.22 Å². The fraction of sp³-hybridized carbons (Fsp3) is 0.556. The molecule has 0 radical (unpaired) electrons. The summed E-state index contributed by atoms with van der Waals surface area (Å²) in [5, 5.41) is 0.642. The van der Waals surface area contributed by atoms with Gasteiger partial charge in [-0.2, -0.15) is 0 Å². The summed E-state index contributed by atoms with van der Waals surface area (Å²) in [6.07, 6.45) is 1.59. The van der Waals surface area contributed by atoms with Gasteiger partial charge in [0.05, 0.1) is 5.69 Å². The first kappa shape index (κ1) is 12.1. The summed E-state index contributed by atoms with van der Waals surface area (Å²) in [6, 6.07) is 0. The quantitative estimate of drug-likeness (QED) is 0.349. The lowest BCUT2D eigenvalue weighted by atomic mass is 10.1. The first-order valence-electron chi connectivity index (χ1n) is 4.64. The van der Waals surface area contributed by atoms with Crippen molar-refractivity contribution in [1.82, 2.24) is 10.4 Å². The first-order chi connectivity index (χ1) is 7.04. The summed E-state index contributed by atoms with van der Waals surface area (Å²) in [4.78, 5) is 15.4. The second kappa shape index (κ2) is 5.18. The van der Waals surface area contributed by atoms with E-state index in [-0.39, 0.29) is 17.1 Å². The molecule has 84 valence electrons. The summed E-state index contributed by atoms with van der Waals surface area (Å²) in [5.74, 6) is 4.69. The molecule has 1 aromatic rings. The molecule has 0 saturated carbocycles. The minimum atomic E-state index is -0.188. The SMILES string of the molecule is Cc1coc(SC(C)C(C)C(=O)NN)n1. The monoisotopic (exact) mass is 229 g/mol. The van der Waals surface area contributed by atoms with Crippen molar-refractivity contribution in [3.8, 4) is 0 Å². The predicted molar refractivity (Wildman–Crippen MR) is 58.1 cm³/mol. The minimum Gasteiger partial charge on any atom is -0.440 e. The highest BCUT2D eigenvalue weighted by atomic mass is 32.2. The third-order valence-corrected chi connectivity index (χ3v) is 3.31. The third kappa shape index (κ3) is 3.24. The Labute approximate surface area is 92.8 Å². The molecule has 5 nitrogen and oxygen atoms in total. The van der Waals surface area contributed by atoms with Crippen LogP contribution in [-0.4, -0.2) is 16.1 Å². The van der Waals surface area contributed by atoms with Gasteiger partial charge in [-0.05, 0) is 6.92 Å². The van der Waals surface area contributed by atoms with Crippen LogP contribution in [0.5, 0.6) is 0 Å². The normalized spacial score (nSPS) is 14.7. The number of aromatic nitrogens is 1. The second-order valence-corrected chi connectivity index (χ2v) is 4.70. The van der Waals surface area contributed by atoms with Crippen molar-refractivity contribution in [3.05, 3.63) is 12.0 Å². The highest BCUT2D eigenvalue weighted by molar-refractivity contribution is 7.99. The van der Waals surface area contributed by atoms with Crippen LogP contribution in [0.4, 0.5) is 0 Å². The summed E-state index contributed by atoms with van der Waals surface area (Å²) >= 11 is 1.42. The van der Waals surface area contributed by atoms with Gasteiger partial charge in [-0.1, -0.05) is 25.6 Å². The average molecular weight is 229 g/mol. The van der Waals surface area contributed by atoms with Crippen molar-refractivity contribution in [2.45, 2.75) is 31.2 Å². The molecule has 0 spiro atoms. The maximum Gasteiger partial charge on any atom is 0.256 e. The molecule has 0 aliphatic heterocycles. The Hall–Kier alpha value is -1.01. The van der Waals surface area contributed by atoms with Gasteiger partial charge in [-0.15, -0.1) is 0 Å². The first-order valence-corrected chi connectivity index (χ1v) is 5.51. The smallest absolute Gasteiger partial charge is 0.256 e. The van der Waals surface area contributed by atoms with Crippen LogP contribution in [0.3, 0.4) is 0 Å². The standard InChI is InChI=1S/C9H15N3O2S/c1-5-4-14-9(11-5)15-7(3)6(2)8(13)12-10/h4,6-7H,10H2,1-3H3,(H,12,13). The molecule has 0 aromatic carbocycles. The number of carbonyl (C=O) groups excluding carboxylic acids is 1. The molecule has 1 rings (SSSR count). The summed E-state index contributed by atoms with van der Waals surface area (Å²) in [7, 11) is 0.